The molecule has 0 radical (unpaired) electrons. The number of benzene rings is 3. The molecule has 0 bridgehead atoms. The first kappa shape index (κ1) is 24.7. The second-order valence-corrected chi connectivity index (χ2v) is 9.95. The molecule has 3 aromatic rings. The molecule has 2 N–H and O–H groups in total. The summed E-state index contributed by atoms with van der Waals surface area (Å²) >= 11 is 6.21. The molecule has 0 aliphatic rings. The summed E-state index contributed by atoms with van der Waals surface area (Å²) < 4.78 is 41.5. The van der Waals surface area contributed by atoms with Gasteiger partial charge in [0.25, 0.3) is 15.9 Å². The number of anilines is 1. The fourth-order valence-electron chi connectivity index (χ4n) is 3.34. The molecular weight excluding hydrogens is 465 g/mol. The van der Waals surface area contributed by atoms with Crippen molar-refractivity contribution in [2.75, 3.05) is 25.4 Å². The number of sulfonamides is 1. The minimum absolute atomic E-state index is 0.0420. The third-order valence-electron chi connectivity index (χ3n) is 5.10. The lowest BCUT2D eigenvalue weighted by Gasteiger charge is -2.25. The lowest BCUT2D eigenvalue weighted by Crippen LogP contribution is -2.34. The topological polar surface area (TPSA) is 78.5 Å². The van der Waals surface area contributed by atoms with E-state index in [-0.39, 0.29) is 33.9 Å². The quantitative estimate of drug-likeness (QED) is 0.484. The molecule has 0 fully saturated rings. The van der Waals surface area contributed by atoms with E-state index in [0.29, 0.717) is 5.69 Å². The molecule has 0 spiro atoms. The predicted molar refractivity (Wildman–Crippen MR) is 129 cm³/mol. The Labute approximate surface area is 198 Å². The van der Waals surface area contributed by atoms with E-state index in [4.69, 9.17) is 11.6 Å². The van der Waals surface area contributed by atoms with Crippen LogP contribution in [-0.2, 0) is 10.0 Å². The van der Waals surface area contributed by atoms with Gasteiger partial charge in [-0.1, -0.05) is 35.9 Å². The number of rotatable bonds is 8. The van der Waals surface area contributed by atoms with E-state index in [9.17, 15) is 17.6 Å². The Morgan fingerprint density at radius 2 is 1.76 bits per heavy atom. The molecule has 0 aromatic heterocycles. The van der Waals surface area contributed by atoms with Crippen molar-refractivity contribution in [2.24, 2.45) is 0 Å². The van der Waals surface area contributed by atoms with E-state index in [1.165, 1.54) is 30.3 Å². The third-order valence-corrected chi connectivity index (χ3v) is 6.81. The molecule has 0 saturated carbocycles. The molecule has 0 saturated heterocycles. The van der Waals surface area contributed by atoms with Crippen molar-refractivity contribution in [3.05, 3.63) is 94.3 Å². The zero-order chi connectivity index (χ0) is 24.2. The summed E-state index contributed by atoms with van der Waals surface area (Å²) in [5.41, 5.74) is 2.19. The van der Waals surface area contributed by atoms with Crippen LogP contribution in [0.1, 0.15) is 27.5 Å². The van der Waals surface area contributed by atoms with Gasteiger partial charge in [-0.25, -0.2) is 12.8 Å². The Morgan fingerprint density at radius 1 is 1.06 bits per heavy atom. The van der Waals surface area contributed by atoms with Crippen molar-refractivity contribution >= 4 is 33.2 Å². The predicted octanol–water partition coefficient (Wildman–Crippen LogP) is 4.62. The van der Waals surface area contributed by atoms with Gasteiger partial charge in [0.15, 0.2) is 0 Å². The summed E-state index contributed by atoms with van der Waals surface area (Å²) in [4.78, 5) is 14.7. The highest BCUT2D eigenvalue weighted by molar-refractivity contribution is 7.92. The first-order valence-corrected chi connectivity index (χ1v) is 12.0. The van der Waals surface area contributed by atoms with E-state index >= 15 is 0 Å². The maximum Gasteiger partial charge on any atom is 0.261 e. The fourth-order valence-corrected chi connectivity index (χ4v) is 4.61. The summed E-state index contributed by atoms with van der Waals surface area (Å²) in [5.74, 6) is -0.856. The summed E-state index contributed by atoms with van der Waals surface area (Å²) in [5, 5.41) is 2.93. The lowest BCUT2D eigenvalue weighted by molar-refractivity contribution is 0.0942. The average Bonchev–Trinajstić information content (AvgIpc) is 2.74. The van der Waals surface area contributed by atoms with Crippen LogP contribution in [0.2, 0.25) is 5.02 Å². The van der Waals surface area contributed by atoms with Gasteiger partial charge in [-0.2, -0.15) is 0 Å². The highest BCUT2D eigenvalue weighted by Gasteiger charge is 2.21. The van der Waals surface area contributed by atoms with Crippen LogP contribution in [0.5, 0.6) is 0 Å². The van der Waals surface area contributed by atoms with Crippen molar-refractivity contribution in [1.29, 1.82) is 0 Å². The third kappa shape index (κ3) is 6.31. The van der Waals surface area contributed by atoms with Gasteiger partial charge in [0.1, 0.15) is 5.82 Å². The van der Waals surface area contributed by atoms with Gasteiger partial charge in [0, 0.05) is 12.2 Å². The second-order valence-electron chi connectivity index (χ2n) is 7.86. The van der Waals surface area contributed by atoms with Crippen LogP contribution >= 0.6 is 11.6 Å². The first-order valence-electron chi connectivity index (χ1n) is 10.2. The molecule has 1 amide bonds. The highest BCUT2D eigenvalue weighted by Crippen LogP contribution is 2.24. The van der Waals surface area contributed by atoms with Crippen molar-refractivity contribution in [1.82, 2.24) is 10.2 Å². The van der Waals surface area contributed by atoms with Crippen LogP contribution in [0.4, 0.5) is 10.1 Å². The summed E-state index contributed by atoms with van der Waals surface area (Å²) in [6, 6.07) is 16.7. The van der Waals surface area contributed by atoms with Crippen LogP contribution in [0.15, 0.2) is 71.6 Å². The number of carbonyl (C=O) groups is 1. The van der Waals surface area contributed by atoms with Gasteiger partial charge >= 0.3 is 0 Å². The summed E-state index contributed by atoms with van der Waals surface area (Å²) in [6.07, 6.45) is 0. The number of hydrogen-bond donors (Lipinski definition) is 2. The van der Waals surface area contributed by atoms with E-state index in [2.05, 4.69) is 10.0 Å². The normalized spacial score (nSPS) is 12.4. The van der Waals surface area contributed by atoms with Gasteiger partial charge in [0.05, 0.1) is 21.5 Å². The first-order chi connectivity index (χ1) is 15.6. The van der Waals surface area contributed by atoms with E-state index < -0.39 is 15.9 Å². The highest BCUT2D eigenvalue weighted by atomic mass is 35.5. The number of hydrogen-bond acceptors (Lipinski definition) is 4. The smallest absolute Gasteiger partial charge is 0.261 e. The standard InChI is InChI=1S/C24H25ClFN3O3S/c1-16-5-4-6-19(13-16)28-33(31,32)20-11-12-22(25)21(14-20)24(30)27-15-23(29(2)3)17-7-9-18(26)10-8-17/h4-14,23,28H,15H2,1-3H3,(H,27,30). The molecule has 174 valence electrons. The zero-order valence-electron chi connectivity index (χ0n) is 18.5. The van der Waals surface area contributed by atoms with Crippen molar-refractivity contribution in [3.8, 4) is 0 Å². The Morgan fingerprint density at radius 3 is 2.39 bits per heavy atom. The number of carbonyl (C=O) groups excluding carboxylic acids is 1. The van der Waals surface area contributed by atoms with Crippen LogP contribution in [0.3, 0.4) is 0 Å². The van der Waals surface area contributed by atoms with E-state index in [1.54, 1.807) is 30.3 Å². The molecule has 0 aliphatic carbocycles. The average molecular weight is 490 g/mol. The van der Waals surface area contributed by atoms with Crippen molar-refractivity contribution in [3.63, 3.8) is 0 Å². The van der Waals surface area contributed by atoms with Gasteiger partial charge in [-0.05, 0) is 74.6 Å². The second kappa shape index (κ2) is 10.3. The van der Waals surface area contributed by atoms with Gasteiger partial charge in [-0.3, -0.25) is 9.52 Å². The SMILES string of the molecule is Cc1cccc(NS(=O)(=O)c2ccc(Cl)c(C(=O)NCC(c3ccc(F)cc3)N(C)C)c2)c1. The van der Waals surface area contributed by atoms with Crippen molar-refractivity contribution in [2.45, 2.75) is 17.9 Å². The fraction of sp³-hybridized carbons (Fsp3) is 0.208. The van der Waals surface area contributed by atoms with Crippen LogP contribution in [0, 0.1) is 12.7 Å². The number of likely N-dealkylation sites (N-methyl/N-ethyl adjacent to an activating group) is 1. The Bertz CT molecular complexity index is 1250. The zero-order valence-corrected chi connectivity index (χ0v) is 20.0. The molecular formula is C24H25ClFN3O3S. The van der Waals surface area contributed by atoms with Crippen molar-refractivity contribution < 1.29 is 17.6 Å². The summed E-state index contributed by atoms with van der Waals surface area (Å²) in [6.45, 7) is 2.07. The maximum absolute atomic E-state index is 13.3. The molecule has 1 atom stereocenters. The lowest BCUT2D eigenvalue weighted by atomic mass is 10.1. The van der Waals surface area contributed by atoms with Gasteiger partial charge in [0.2, 0.25) is 0 Å². The van der Waals surface area contributed by atoms with Crippen LogP contribution in [0.25, 0.3) is 0 Å². The van der Waals surface area contributed by atoms with Crippen LogP contribution < -0.4 is 10.0 Å². The maximum atomic E-state index is 13.3. The Hall–Kier alpha value is -2.94. The van der Waals surface area contributed by atoms with Crippen LogP contribution in [-0.4, -0.2) is 39.9 Å². The number of amides is 1. The molecule has 0 heterocycles. The monoisotopic (exact) mass is 489 g/mol. The van der Waals surface area contributed by atoms with Gasteiger partial charge < -0.3 is 10.2 Å². The molecule has 3 aromatic carbocycles. The minimum atomic E-state index is -3.93. The molecule has 3 rings (SSSR count). The molecule has 1 unspecified atom stereocenters. The largest absolute Gasteiger partial charge is 0.350 e. The molecule has 0 aliphatic heterocycles. The van der Waals surface area contributed by atoms with Gasteiger partial charge in [-0.15, -0.1) is 0 Å². The molecule has 9 heteroatoms. The Balaban J connectivity index is 1.79. The number of nitrogens with one attached hydrogen (secondary N) is 2. The Kier molecular flexibility index (Phi) is 7.73. The number of aryl methyl sites for hydroxylation is 1. The molecule has 33 heavy (non-hydrogen) atoms. The number of halogens is 2. The molecule has 6 nitrogen and oxygen atoms in total. The minimum Gasteiger partial charge on any atom is -0.350 e. The van der Waals surface area contributed by atoms with E-state index in [1.807, 2.05) is 32.0 Å². The summed E-state index contributed by atoms with van der Waals surface area (Å²) in [7, 11) is -0.238. The number of nitrogens with zero attached hydrogens (tertiary/aromatic N) is 1. The van der Waals surface area contributed by atoms with E-state index in [0.717, 1.165) is 11.1 Å².